The number of hydrogen-bond donors (Lipinski definition) is 1. The van der Waals surface area contributed by atoms with Gasteiger partial charge in [-0.2, -0.15) is 0 Å². The molecule has 0 aliphatic rings. The lowest BCUT2D eigenvalue weighted by atomic mass is 10.00. The Labute approximate surface area is 98.9 Å². The molecule has 0 fully saturated rings. The van der Waals surface area contributed by atoms with Crippen LogP contribution in [0.2, 0.25) is 0 Å². The molecule has 1 atom stereocenters. The zero-order chi connectivity index (χ0) is 12.3. The summed E-state index contributed by atoms with van der Waals surface area (Å²) in [6.07, 6.45) is 0. The molecule has 16 heavy (non-hydrogen) atoms. The molecule has 1 unspecified atom stereocenters. The van der Waals surface area contributed by atoms with Crippen molar-refractivity contribution >= 4 is 17.7 Å². The molecule has 0 saturated carbocycles. The van der Waals surface area contributed by atoms with Gasteiger partial charge in [0.15, 0.2) is 0 Å². The Bertz CT molecular complexity index is 392. The molecular weight excluding hydrogens is 227 g/mol. The molecular formula is C12H15FO2S. The molecule has 88 valence electrons. The van der Waals surface area contributed by atoms with Crippen molar-refractivity contribution in [1.29, 1.82) is 0 Å². The van der Waals surface area contributed by atoms with E-state index in [4.69, 9.17) is 0 Å². The number of hydrogen-bond acceptors (Lipinski definition) is 2. The maximum Gasteiger partial charge on any atom is 0.324 e. The predicted molar refractivity (Wildman–Crippen MR) is 64.1 cm³/mol. The highest BCUT2D eigenvalue weighted by Gasteiger charge is 2.38. The Morgan fingerprint density at radius 1 is 1.44 bits per heavy atom. The van der Waals surface area contributed by atoms with Crippen LogP contribution in [0, 0.1) is 5.82 Å². The van der Waals surface area contributed by atoms with Crippen molar-refractivity contribution in [2.24, 2.45) is 0 Å². The Morgan fingerprint density at radius 2 is 2.00 bits per heavy atom. The Kier molecular flexibility index (Phi) is 3.97. The number of carboxylic acid groups (broad SMARTS) is 1. The SMILES string of the molecule is CC(C)SC(C)(C(=O)O)c1ccccc1F. The van der Waals surface area contributed by atoms with Gasteiger partial charge >= 0.3 is 5.97 Å². The highest BCUT2D eigenvalue weighted by atomic mass is 32.2. The molecule has 0 aromatic heterocycles. The number of aliphatic carboxylic acids is 1. The van der Waals surface area contributed by atoms with E-state index in [0.29, 0.717) is 0 Å². The van der Waals surface area contributed by atoms with Gasteiger partial charge in [-0.1, -0.05) is 32.0 Å². The first-order chi connectivity index (χ1) is 7.38. The second kappa shape index (κ2) is 4.87. The summed E-state index contributed by atoms with van der Waals surface area (Å²) in [5, 5.41) is 9.38. The van der Waals surface area contributed by atoms with Gasteiger partial charge in [0.1, 0.15) is 10.6 Å². The molecule has 0 spiro atoms. The number of carbonyl (C=O) groups is 1. The molecule has 1 rings (SSSR count). The summed E-state index contributed by atoms with van der Waals surface area (Å²) in [4.78, 5) is 11.3. The van der Waals surface area contributed by atoms with E-state index in [2.05, 4.69) is 0 Å². The molecule has 2 nitrogen and oxygen atoms in total. The van der Waals surface area contributed by atoms with Crippen molar-refractivity contribution in [2.75, 3.05) is 0 Å². The third-order valence-electron chi connectivity index (χ3n) is 2.27. The number of rotatable bonds is 4. The first kappa shape index (κ1) is 13.0. The molecule has 1 N–H and O–H groups in total. The van der Waals surface area contributed by atoms with Gasteiger partial charge in [0, 0.05) is 10.8 Å². The Hall–Kier alpha value is -1.03. The van der Waals surface area contributed by atoms with Gasteiger partial charge in [-0.05, 0) is 13.0 Å². The molecule has 0 heterocycles. The van der Waals surface area contributed by atoms with Crippen molar-refractivity contribution in [3.63, 3.8) is 0 Å². The fourth-order valence-electron chi connectivity index (χ4n) is 1.55. The van der Waals surface area contributed by atoms with Crippen molar-refractivity contribution in [3.05, 3.63) is 35.6 Å². The molecule has 0 aliphatic heterocycles. The van der Waals surface area contributed by atoms with Crippen LogP contribution in [0.1, 0.15) is 26.3 Å². The second-order valence-electron chi connectivity index (χ2n) is 3.98. The van der Waals surface area contributed by atoms with Crippen LogP contribution in [0.25, 0.3) is 0 Å². The quantitative estimate of drug-likeness (QED) is 0.880. The Morgan fingerprint density at radius 3 is 2.44 bits per heavy atom. The van der Waals surface area contributed by atoms with E-state index in [1.165, 1.54) is 23.9 Å². The van der Waals surface area contributed by atoms with E-state index in [0.717, 1.165) is 0 Å². The van der Waals surface area contributed by atoms with E-state index < -0.39 is 16.5 Å². The highest BCUT2D eigenvalue weighted by Crippen LogP contribution is 2.40. The van der Waals surface area contributed by atoms with Crippen molar-refractivity contribution in [1.82, 2.24) is 0 Å². The normalized spacial score (nSPS) is 14.8. The van der Waals surface area contributed by atoms with E-state index in [9.17, 15) is 14.3 Å². The zero-order valence-electron chi connectivity index (χ0n) is 9.53. The average Bonchev–Trinajstić information content (AvgIpc) is 2.16. The van der Waals surface area contributed by atoms with E-state index in [1.807, 2.05) is 13.8 Å². The zero-order valence-corrected chi connectivity index (χ0v) is 10.3. The maximum absolute atomic E-state index is 13.6. The predicted octanol–water partition coefficient (Wildman–Crippen LogP) is 3.27. The summed E-state index contributed by atoms with van der Waals surface area (Å²) in [5.41, 5.74) is 0.223. The van der Waals surface area contributed by atoms with Crippen LogP contribution in [0.3, 0.4) is 0 Å². The van der Waals surface area contributed by atoms with E-state index in [1.54, 1.807) is 19.1 Å². The van der Waals surface area contributed by atoms with Crippen LogP contribution in [0.4, 0.5) is 4.39 Å². The average molecular weight is 242 g/mol. The molecule has 0 bridgehead atoms. The first-order valence-corrected chi connectivity index (χ1v) is 5.92. The minimum Gasteiger partial charge on any atom is -0.480 e. The van der Waals surface area contributed by atoms with Crippen molar-refractivity contribution in [3.8, 4) is 0 Å². The van der Waals surface area contributed by atoms with E-state index in [-0.39, 0.29) is 10.8 Å². The van der Waals surface area contributed by atoms with Gasteiger partial charge in [0.25, 0.3) is 0 Å². The lowest BCUT2D eigenvalue weighted by molar-refractivity contribution is -0.139. The van der Waals surface area contributed by atoms with Crippen LogP contribution >= 0.6 is 11.8 Å². The molecule has 0 radical (unpaired) electrons. The third-order valence-corrected chi connectivity index (χ3v) is 3.60. The lowest BCUT2D eigenvalue weighted by Gasteiger charge is -2.27. The fraction of sp³-hybridized carbons (Fsp3) is 0.417. The van der Waals surface area contributed by atoms with Crippen molar-refractivity contribution in [2.45, 2.75) is 30.8 Å². The van der Waals surface area contributed by atoms with Gasteiger partial charge in [-0.25, -0.2) is 4.39 Å². The van der Waals surface area contributed by atoms with Crippen LogP contribution in [-0.2, 0) is 9.54 Å². The number of thioether (sulfide) groups is 1. The smallest absolute Gasteiger partial charge is 0.324 e. The van der Waals surface area contributed by atoms with E-state index >= 15 is 0 Å². The minimum atomic E-state index is -1.24. The van der Waals surface area contributed by atoms with Crippen LogP contribution < -0.4 is 0 Å². The number of carboxylic acids is 1. The summed E-state index contributed by atoms with van der Waals surface area (Å²) in [7, 11) is 0. The van der Waals surface area contributed by atoms with Crippen molar-refractivity contribution < 1.29 is 14.3 Å². The fourth-order valence-corrected chi connectivity index (χ4v) is 2.88. The summed E-state index contributed by atoms with van der Waals surface area (Å²) in [6, 6.07) is 6.03. The molecule has 1 aromatic carbocycles. The van der Waals surface area contributed by atoms with Gasteiger partial charge in [-0.15, -0.1) is 11.8 Å². The molecule has 4 heteroatoms. The van der Waals surface area contributed by atoms with Gasteiger partial charge in [0.05, 0.1) is 0 Å². The molecule has 0 aliphatic carbocycles. The van der Waals surface area contributed by atoms with Gasteiger partial charge in [0.2, 0.25) is 0 Å². The van der Waals surface area contributed by atoms with Gasteiger partial charge < -0.3 is 5.11 Å². The maximum atomic E-state index is 13.6. The summed E-state index contributed by atoms with van der Waals surface area (Å²) >= 11 is 1.24. The Balaban J connectivity index is 3.22. The molecule has 1 aromatic rings. The number of halogens is 1. The molecule has 0 amide bonds. The van der Waals surface area contributed by atoms with Crippen LogP contribution in [0.15, 0.2) is 24.3 Å². The lowest BCUT2D eigenvalue weighted by Crippen LogP contribution is -2.31. The van der Waals surface area contributed by atoms with Crippen LogP contribution in [-0.4, -0.2) is 16.3 Å². The van der Waals surface area contributed by atoms with Crippen LogP contribution in [0.5, 0.6) is 0 Å². The standard InChI is InChI=1S/C12H15FO2S/c1-8(2)16-12(3,11(14)15)9-6-4-5-7-10(9)13/h4-8H,1-3H3,(H,14,15). The first-order valence-electron chi connectivity index (χ1n) is 5.04. The summed E-state index contributed by atoms with van der Waals surface area (Å²) < 4.78 is 12.4. The minimum absolute atomic E-state index is 0.112. The summed E-state index contributed by atoms with van der Waals surface area (Å²) in [5.74, 6) is -1.49. The highest BCUT2D eigenvalue weighted by molar-refractivity contribution is 8.01. The topological polar surface area (TPSA) is 37.3 Å². The molecule has 0 saturated heterocycles. The third kappa shape index (κ3) is 2.55. The largest absolute Gasteiger partial charge is 0.480 e. The monoisotopic (exact) mass is 242 g/mol. The van der Waals surface area contributed by atoms with Gasteiger partial charge in [-0.3, -0.25) is 4.79 Å². The second-order valence-corrected chi connectivity index (χ2v) is 5.98. The summed E-state index contributed by atoms with van der Waals surface area (Å²) in [6.45, 7) is 5.33. The number of benzene rings is 1.